The van der Waals surface area contributed by atoms with Crippen LogP contribution in [-0.2, 0) is 4.79 Å². The molecule has 27 heavy (non-hydrogen) atoms. The number of carbonyl (C=O) groups is 1. The lowest BCUT2D eigenvalue weighted by Crippen LogP contribution is -2.22. The molecule has 1 saturated carbocycles. The number of nitrogens with one attached hydrogen (secondary N) is 2. The van der Waals surface area contributed by atoms with Gasteiger partial charge in [-0.25, -0.2) is 0 Å². The van der Waals surface area contributed by atoms with E-state index in [2.05, 4.69) is 10.6 Å². The van der Waals surface area contributed by atoms with Crippen molar-refractivity contribution < 1.29 is 14.3 Å². The highest BCUT2D eigenvalue weighted by Gasteiger charge is 2.18. The number of ether oxygens (including phenoxy) is 2. The summed E-state index contributed by atoms with van der Waals surface area (Å²) in [5, 5.41) is 6.63. The molecule has 0 bridgehead atoms. The standard InChI is InChI=1S/C21H25ClN2O3/c1-14-11-18(20(26-2)12-16(14)22)24-21(25)13-23-17-9-5-6-10-19(17)27-15-7-3-4-8-15/h5-6,9-12,15,23H,3-4,7-8,13H2,1-2H3,(H,24,25). The van der Waals surface area contributed by atoms with E-state index in [1.807, 2.05) is 31.2 Å². The van der Waals surface area contributed by atoms with Crippen LogP contribution in [0.1, 0.15) is 31.2 Å². The molecule has 144 valence electrons. The van der Waals surface area contributed by atoms with Crippen molar-refractivity contribution >= 4 is 28.9 Å². The zero-order valence-corrected chi connectivity index (χ0v) is 16.4. The molecule has 2 aromatic carbocycles. The number of benzene rings is 2. The van der Waals surface area contributed by atoms with E-state index in [9.17, 15) is 4.79 Å². The van der Waals surface area contributed by atoms with E-state index < -0.39 is 0 Å². The minimum Gasteiger partial charge on any atom is -0.495 e. The fraction of sp³-hybridized carbons (Fsp3) is 0.381. The molecule has 2 N–H and O–H groups in total. The van der Waals surface area contributed by atoms with Gasteiger partial charge in [0, 0.05) is 11.1 Å². The minimum absolute atomic E-state index is 0.121. The molecule has 0 atom stereocenters. The Morgan fingerprint density at radius 1 is 1.15 bits per heavy atom. The van der Waals surface area contributed by atoms with Crippen LogP contribution in [0.5, 0.6) is 11.5 Å². The van der Waals surface area contributed by atoms with Crippen molar-refractivity contribution in [1.29, 1.82) is 0 Å². The molecule has 0 heterocycles. The molecule has 1 amide bonds. The zero-order chi connectivity index (χ0) is 19.2. The second kappa shape index (κ2) is 9.00. The molecule has 2 aromatic rings. The Hall–Kier alpha value is -2.40. The lowest BCUT2D eigenvalue weighted by atomic mass is 10.2. The quantitative estimate of drug-likeness (QED) is 0.698. The van der Waals surface area contributed by atoms with Crippen LogP contribution in [0, 0.1) is 6.92 Å². The van der Waals surface area contributed by atoms with Crippen LogP contribution >= 0.6 is 11.6 Å². The van der Waals surface area contributed by atoms with Crippen LogP contribution in [-0.4, -0.2) is 25.7 Å². The van der Waals surface area contributed by atoms with E-state index in [-0.39, 0.29) is 18.6 Å². The molecule has 6 heteroatoms. The fourth-order valence-corrected chi connectivity index (χ4v) is 3.35. The summed E-state index contributed by atoms with van der Waals surface area (Å²) in [5.74, 6) is 1.15. The Morgan fingerprint density at radius 3 is 2.63 bits per heavy atom. The van der Waals surface area contributed by atoms with Gasteiger partial charge in [0.2, 0.25) is 5.91 Å². The summed E-state index contributed by atoms with van der Waals surface area (Å²) in [6, 6.07) is 11.2. The third kappa shape index (κ3) is 5.07. The van der Waals surface area contributed by atoms with Gasteiger partial charge in [-0.15, -0.1) is 0 Å². The molecule has 0 unspecified atom stereocenters. The Balaban J connectivity index is 1.62. The zero-order valence-electron chi connectivity index (χ0n) is 15.7. The smallest absolute Gasteiger partial charge is 0.243 e. The molecule has 1 aliphatic rings. The summed E-state index contributed by atoms with van der Waals surface area (Å²) in [5.41, 5.74) is 2.29. The summed E-state index contributed by atoms with van der Waals surface area (Å²) in [4.78, 5) is 12.4. The van der Waals surface area contributed by atoms with Gasteiger partial charge < -0.3 is 20.1 Å². The lowest BCUT2D eigenvalue weighted by Gasteiger charge is -2.17. The number of rotatable bonds is 7. The van der Waals surface area contributed by atoms with Gasteiger partial charge in [-0.1, -0.05) is 23.7 Å². The minimum atomic E-state index is -0.175. The summed E-state index contributed by atoms with van der Waals surface area (Å²) in [7, 11) is 1.55. The number of aryl methyl sites for hydroxylation is 1. The second-order valence-corrected chi connectivity index (χ2v) is 7.13. The van der Waals surface area contributed by atoms with E-state index in [1.54, 1.807) is 19.2 Å². The van der Waals surface area contributed by atoms with Gasteiger partial charge in [0.25, 0.3) is 0 Å². The van der Waals surface area contributed by atoms with Gasteiger partial charge in [-0.05, 0) is 56.4 Å². The first-order valence-corrected chi connectivity index (χ1v) is 9.58. The van der Waals surface area contributed by atoms with E-state index in [0.29, 0.717) is 16.5 Å². The van der Waals surface area contributed by atoms with Gasteiger partial charge in [0.1, 0.15) is 11.5 Å². The van der Waals surface area contributed by atoms with Crippen molar-refractivity contribution in [3.05, 3.63) is 47.0 Å². The first-order chi connectivity index (χ1) is 13.1. The molecule has 0 aromatic heterocycles. The van der Waals surface area contributed by atoms with Crippen molar-refractivity contribution in [2.75, 3.05) is 24.3 Å². The normalized spacial score (nSPS) is 14.0. The van der Waals surface area contributed by atoms with Crippen molar-refractivity contribution in [2.45, 2.75) is 38.7 Å². The third-order valence-corrected chi connectivity index (χ3v) is 5.08. The number of halogens is 1. The summed E-state index contributed by atoms with van der Waals surface area (Å²) >= 11 is 6.11. The maximum Gasteiger partial charge on any atom is 0.243 e. The molecule has 0 aliphatic heterocycles. The largest absolute Gasteiger partial charge is 0.495 e. The maximum atomic E-state index is 12.4. The Labute approximate surface area is 165 Å². The van der Waals surface area contributed by atoms with E-state index in [4.69, 9.17) is 21.1 Å². The molecule has 0 saturated heterocycles. The van der Waals surface area contributed by atoms with Crippen molar-refractivity contribution in [3.8, 4) is 11.5 Å². The van der Waals surface area contributed by atoms with Gasteiger partial charge in [0.05, 0.1) is 31.1 Å². The molecule has 5 nitrogen and oxygen atoms in total. The lowest BCUT2D eigenvalue weighted by molar-refractivity contribution is -0.114. The number of methoxy groups -OCH3 is 1. The van der Waals surface area contributed by atoms with Crippen LogP contribution in [0.15, 0.2) is 36.4 Å². The average Bonchev–Trinajstić information content (AvgIpc) is 3.17. The predicted octanol–water partition coefficient (Wildman–Crippen LogP) is 5.03. The number of carbonyl (C=O) groups excluding carboxylic acids is 1. The molecule has 3 rings (SSSR count). The average molecular weight is 389 g/mol. The third-order valence-electron chi connectivity index (χ3n) is 4.68. The van der Waals surface area contributed by atoms with Crippen LogP contribution in [0.25, 0.3) is 0 Å². The molecule has 0 radical (unpaired) electrons. The summed E-state index contributed by atoms with van der Waals surface area (Å²) in [6.45, 7) is 2.00. The monoisotopic (exact) mass is 388 g/mol. The number of amides is 1. The SMILES string of the molecule is COc1cc(Cl)c(C)cc1NC(=O)CNc1ccccc1OC1CCCC1. The number of para-hydroxylation sites is 2. The number of anilines is 2. The van der Waals surface area contributed by atoms with Crippen molar-refractivity contribution in [1.82, 2.24) is 0 Å². The van der Waals surface area contributed by atoms with E-state index in [1.165, 1.54) is 12.8 Å². The summed E-state index contributed by atoms with van der Waals surface area (Å²) < 4.78 is 11.4. The summed E-state index contributed by atoms with van der Waals surface area (Å²) in [6.07, 6.45) is 4.87. The second-order valence-electron chi connectivity index (χ2n) is 6.72. The fourth-order valence-electron chi connectivity index (χ4n) is 3.20. The Morgan fingerprint density at radius 2 is 1.89 bits per heavy atom. The highest BCUT2D eigenvalue weighted by atomic mass is 35.5. The van der Waals surface area contributed by atoms with E-state index in [0.717, 1.165) is 29.8 Å². The first kappa shape index (κ1) is 19.4. The molecular formula is C21H25ClN2O3. The van der Waals surface area contributed by atoms with Crippen molar-refractivity contribution in [2.24, 2.45) is 0 Å². The topological polar surface area (TPSA) is 59.6 Å². The molecule has 0 spiro atoms. The van der Waals surface area contributed by atoms with Crippen LogP contribution < -0.4 is 20.1 Å². The van der Waals surface area contributed by atoms with Gasteiger partial charge in [-0.3, -0.25) is 4.79 Å². The van der Waals surface area contributed by atoms with Gasteiger partial charge in [-0.2, -0.15) is 0 Å². The number of hydrogen-bond donors (Lipinski definition) is 2. The predicted molar refractivity (Wildman–Crippen MR) is 109 cm³/mol. The highest BCUT2D eigenvalue weighted by molar-refractivity contribution is 6.31. The van der Waals surface area contributed by atoms with E-state index >= 15 is 0 Å². The Bertz CT molecular complexity index is 804. The van der Waals surface area contributed by atoms with Crippen molar-refractivity contribution in [3.63, 3.8) is 0 Å². The van der Waals surface area contributed by atoms with Crippen LogP contribution in [0.3, 0.4) is 0 Å². The first-order valence-electron chi connectivity index (χ1n) is 9.20. The maximum absolute atomic E-state index is 12.4. The Kier molecular flexibility index (Phi) is 6.45. The highest BCUT2D eigenvalue weighted by Crippen LogP contribution is 2.31. The van der Waals surface area contributed by atoms with Crippen LogP contribution in [0.2, 0.25) is 5.02 Å². The van der Waals surface area contributed by atoms with Gasteiger partial charge in [0.15, 0.2) is 0 Å². The molecule has 1 aliphatic carbocycles. The molecule has 1 fully saturated rings. The number of hydrogen-bond acceptors (Lipinski definition) is 4. The van der Waals surface area contributed by atoms with Gasteiger partial charge >= 0.3 is 0 Å². The molecular weight excluding hydrogens is 364 g/mol. The van der Waals surface area contributed by atoms with Crippen LogP contribution in [0.4, 0.5) is 11.4 Å².